The van der Waals surface area contributed by atoms with E-state index in [0.717, 1.165) is 6.42 Å². The van der Waals surface area contributed by atoms with E-state index in [1.807, 2.05) is 18.2 Å². The monoisotopic (exact) mass is 266 g/mol. The fourth-order valence-corrected chi connectivity index (χ4v) is 2.12. The summed E-state index contributed by atoms with van der Waals surface area (Å²) in [5, 5.41) is 0. The first-order valence-corrected chi connectivity index (χ1v) is 6.54. The van der Waals surface area contributed by atoms with Gasteiger partial charge in [-0.2, -0.15) is 0 Å². The first kappa shape index (κ1) is 12.5. The molecule has 4 heteroatoms. The van der Waals surface area contributed by atoms with Gasteiger partial charge in [0.1, 0.15) is 0 Å². The van der Waals surface area contributed by atoms with Gasteiger partial charge in [-0.05, 0) is 11.6 Å². The molecule has 1 aromatic heterocycles. The van der Waals surface area contributed by atoms with Crippen LogP contribution in [0.25, 0.3) is 0 Å². The van der Waals surface area contributed by atoms with Crippen molar-refractivity contribution in [1.29, 1.82) is 0 Å². The molecule has 3 rings (SSSR count). The van der Waals surface area contributed by atoms with Crippen molar-refractivity contribution < 1.29 is 9.53 Å². The van der Waals surface area contributed by atoms with E-state index in [-0.39, 0.29) is 12.2 Å². The second kappa shape index (κ2) is 5.65. The van der Waals surface area contributed by atoms with Crippen LogP contribution in [0.2, 0.25) is 0 Å². The van der Waals surface area contributed by atoms with Crippen molar-refractivity contribution in [1.82, 2.24) is 4.98 Å². The molecule has 0 atom stereocenters. The van der Waals surface area contributed by atoms with Gasteiger partial charge >= 0.3 is 0 Å². The SMILES string of the molecule is O=C1CC(OCCc2ccccc2)=Nc2ccncc21. The molecule has 2 heterocycles. The number of ketones is 1. The lowest BCUT2D eigenvalue weighted by atomic mass is 10.1. The van der Waals surface area contributed by atoms with E-state index in [0.29, 0.717) is 23.8 Å². The third-order valence-corrected chi connectivity index (χ3v) is 3.16. The minimum atomic E-state index is 0.0119. The smallest absolute Gasteiger partial charge is 0.196 e. The highest BCUT2D eigenvalue weighted by Gasteiger charge is 2.20. The standard InChI is InChI=1S/C16H14N2O2/c19-15-10-16(18-14-6-8-17-11-13(14)15)20-9-7-12-4-2-1-3-5-12/h1-6,8,11H,7,9-10H2. The molecular weight excluding hydrogens is 252 g/mol. The highest BCUT2D eigenvalue weighted by Crippen LogP contribution is 2.24. The molecule has 0 fully saturated rings. The van der Waals surface area contributed by atoms with Gasteiger partial charge in [-0.15, -0.1) is 0 Å². The van der Waals surface area contributed by atoms with Crippen LogP contribution >= 0.6 is 0 Å². The van der Waals surface area contributed by atoms with Crippen LogP contribution in [0, 0.1) is 0 Å². The molecule has 4 nitrogen and oxygen atoms in total. The minimum Gasteiger partial charge on any atom is -0.480 e. The van der Waals surface area contributed by atoms with Crippen molar-refractivity contribution in [3.63, 3.8) is 0 Å². The molecule has 0 unspecified atom stereocenters. The second-order valence-electron chi connectivity index (χ2n) is 4.58. The lowest BCUT2D eigenvalue weighted by Gasteiger charge is -2.14. The second-order valence-corrected chi connectivity index (χ2v) is 4.58. The third kappa shape index (κ3) is 2.74. The Morgan fingerprint density at radius 3 is 2.85 bits per heavy atom. The van der Waals surface area contributed by atoms with Gasteiger partial charge in [-0.1, -0.05) is 30.3 Å². The number of carbonyl (C=O) groups excluding carboxylic acids is 1. The molecular formula is C16H14N2O2. The molecule has 0 radical (unpaired) electrons. The van der Waals surface area contributed by atoms with Crippen LogP contribution in [0.5, 0.6) is 0 Å². The molecule has 1 aromatic carbocycles. The third-order valence-electron chi connectivity index (χ3n) is 3.16. The summed E-state index contributed by atoms with van der Waals surface area (Å²) in [5.74, 6) is 0.502. The zero-order chi connectivity index (χ0) is 13.8. The Morgan fingerprint density at radius 1 is 1.15 bits per heavy atom. The highest BCUT2D eigenvalue weighted by molar-refractivity contribution is 6.13. The molecule has 0 amide bonds. The van der Waals surface area contributed by atoms with E-state index in [1.165, 1.54) is 5.56 Å². The van der Waals surface area contributed by atoms with Crippen molar-refractivity contribution in [2.24, 2.45) is 4.99 Å². The number of pyridine rings is 1. The maximum absolute atomic E-state index is 11.9. The van der Waals surface area contributed by atoms with E-state index in [9.17, 15) is 4.79 Å². The van der Waals surface area contributed by atoms with E-state index < -0.39 is 0 Å². The number of Topliss-reactive ketones (excluding diaryl/α,β-unsaturated/α-hetero) is 1. The van der Waals surface area contributed by atoms with Crippen LogP contribution in [0.4, 0.5) is 5.69 Å². The molecule has 20 heavy (non-hydrogen) atoms. The van der Waals surface area contributed by atoms with Crippen LogP contribution in [0.15, 0.2) is 53.8 Å². The number of hydrogen-bond acceptors (Lipinski definition) is 4. The molecule has 0 bridgehead atoms. The summed E-state index contributed by atoms with van der Waals surface area (Å²) < 4.78 is 5.62. The van der Waals surface area contributed by atoms with E-state index in [1.54, 1.807) is 18.5 Å². The van der Waals surface area contributed by atoms with E-state index in [2.05, 4.69) is 22.1 Å². The Labute approximate surface area is 117 Å². The fourth-order valence-electron chi connectivity index (χ4n) is 2.12. The predicted octanol–water partition coefficient (Wildman–Crippen LogP) is 2.96. The number of fused-ring (bicyclic) bond motifs is 1. The molecule has 100 valence electrons. The van der Waals surface area contributed by atoms with Crippen LogP contribution in [-0.2, 0) is 11.2 Å². The predicted molar refractivity (Wildman–Crippen MR) is 76.4 cm³/mol. The zero-order valence-corrected chi connectivity index (χ0v) is 11.0. The maximum Gasteiger partial charge on any atom is 0.196 e. The minimum absolute atomic E-state index is 0.0119. The Hall–Kier alpha value is -2.49. The highest BCUT2D eigenvalue weighted by atomic mass is 16.5. The number of rotatable bonds is 3. The van der Waals surface area contributed by atoms with E-state index >= 15 is 0 Å². The number of nitrogens with zero attached hydrogens (tertiary/aromatic N) is 2. The van der Waals surface area contributed by atoms with Gasteiger partial charge < -0.3 is 4.74 Å². The van der Waals surface area contributed by atoms with Crippen molar-refractivity contribution >= 4 is 17.4 Å². The van der Waals surface area contributed by atoms with Gasteiger partial charge in [-0.3, -0.25) is 9.78 Å². The Kier molecular flexibility index (Phi) is 3.54. The first-order valence-electron chi connectivity index (χ1n) is 6.54. The van der Waals surface area contributed by atoms with Gasteiger partial charge in [0.05, 0.1) is 24.3 Å². The number of aromatic nitrogens is 1. The lowest BCUT2D eigenvalue weighted by molar-refractivity contribution is 0.0990. The summed E-state index contributed by atoms with van der Waals surface area (Å²) in [5.41, 5.74) is 2.42. The van der Waals surface area contributed by atoms with Crippen molar-refractivity contribution in [3.8, 4) is 0 Å². The van der Waals surface area contributed by atoms with Gasteiger partial charge in [-0.25, -0.2) is 4.99 Å². The van der Waals surface area contributed by atoms with Crippen LogP contribution in [0.1, 0.15) is 22.3 Å². The largest absolute Gasteiger partial charge is 0.480 e. The fraction of sp³-hybridized carbons (Fsp3) is 0.188. The molecule has 0 saturated heterocycles. The summed E-state index contributed by atoms with van der Waals surface area (Å²) in [4.78, 5) is 20.2. The van der Waals surface area contributed by atoms with Crippen molar-refractivity contribution in [2.45, 2.75) is 12.8 Å². The molecule has 0 N–H and O–H groups in total. The van der Waals surface area contributed by atoms with Gasteiger partial charge in [0, 0.05) is 18.8 Å². The van der Waals surface area contributed by atoms with E-state index in [4.69, 9.17) is 4.74 Å². The van der Waals surface area contributed by atoms with Crippen LogP contribution < -0.4 is 0 Å². The lowest BCUT2D eigenvalue weighted by Crippen LogP contribution is -2.17. The van der Waals surface area contributed by atoms with Crippen molar-refractivity contribution in [2.75, 3.05) is 6.61 Å². The average Bonchev–Trinajstić information content (AvgIpc) is 2.48. The van der Waals surface area contributed by atoms with Crippen molar-refractivity contribution in [3.05, 3.63) is 59.9 Å². The number of benzene rings is 1. The topological polar surface area (TPSA) is 51.5 Å². The summed E-state index contributed by atoms with van der Waals surface area (Å²) in [6, 6.07) is 11.8. The molecule has 1 aliphatic heterocycles. The van der Waals surface area contributed by atoms with Gasteiger partial charge in [0.2, 0.25) is 0 Å². The molecule has 0 aliphatic carbocycles. The molecule has 2 aromatic rings. The zero-order valence-electron chi connectivity index (χ0n) is 11.0. The quantitative estimate of drug-likeness (QED) is 0.858. The molecule has 1 aliphatic rings. The summed E-state index contributed by atoms with van der Waals surface area (Å²) in [7, 11) is 0. The average molecular weight is 266 g/mol. The van der Waals surface area contributed by atoms with Crippen LogP contribution in [-0.4, -0.2) is 23.3 Å². The number of aliphatic imine (C=N–C) groups is 1. The van der Waals surface area contributed by atoms with Gasteiger partial charge in [0.25, 0.3) is 0 Å². The Bertz CT molecular complexity index is 651. The summed E-state index contributed by atoms with van der Waals surface area (Å²) in [6.07, 6.45) is 4.20. The summed E-state index contributed by atoms with van der Waals surface area (Å²) >= 11 is 0. The van der Waals surface area contributed by atoms with Gasteiger partial charge in [0.15, 0.2) is 11.7 Å². The molecule has 0 saturated carbocycles. The normalized spacial score (nSPS) is 13.6. The molecule has 0 spiro atoms. The van der Waals surface area contributed by atoms with Crippen LogP contribution in [0.3, 0.4) is 0 Å². The Morgan fingerprint density at radius 2 is 2.00 bits per heavy atom. The number of carbonyl (C=O) groups is 1. The number of hydrogen-bond donors (Lipinski definition) is 0. The summed E-state index contributed by atoms with van der Waals surface area (Å²) in [6.45, 7) is 0.524. The maximum atomic E-state index is 11.9. The first-order chi connectivity index (χ1) is 9.83. The Balaban J connectivity index is 1.65. The number of ether oxygens (including phenoxy) is 1.